The van der Waals surface area contributed by atoms with Crippen LogP contribution >= 0.6 is 0 Å². The van der Waals surface area contributed by atoms with Crippen LogP contribution in [0.25, 0.3) is 22.1 Å². The van der Waals surface area contributed by atoms with Gasteiger partial charge in [0.2, 0.25) is 0 Å². The van der Waals surface area contributed by atoms with Gasteiger partial charge in [0.25, 0.3) is 5.91 Å². The lowest BCUT2D eigenvalue weighted by molar-refractivity contribution is -0.192. The first-order valence-corrected chi connectivity index (χ1v) is 12.8. The maximum Gasteiger partial charge on any atom is 0.490 e. The van der Waals surface area contributed by atoms with Crippen molar-refractivity contribution in [3.63, 3.8) is 0 Å². The average molecular weight is 623 g/mol. The second-order valence-corrected chi connectivity index (χ2v) is 9.62. The molecule has 0 bridgehead atoms. The van der Waals surface area contributed by atoms with Gasteiger partial charge in [-0.1, -0.05) is 24.3 Å². The van der Waals surface area contributed by atoms with Gasteiger partial charge in [0, 0.05) is 24.2 Å². The summed E-state index contributed by atoms with van der Waals surface area (Å²) < 4.78 is 71.0. The van der Waals surface area contributed by atoms with Gasteiger partial charge in [-0.15, -0.1) is 0 Å². The van der Waals surface area contributed by atoms with Crippen LogP contribution in [0.5, 0.6) is 5.75 Å². The number of benzene rings is 3. The third kappa shape index (κ3) is 9.01. The number of alkyl halides is 3. The highest BCUT2D eigenvalue weighted by Gasteiger charge is 2.38. The topological polar surface area (TPSA) is 121 Å². The van der Waals surface area contributed by atoms with Crippen LogP contribution in [0.3, 0.4) is 0 Å². The Bertz CT molecular complexity index is 1620. The number of carboxylic acids is 2. The summed E-state index contributed by atoms with van der Waals surface area (Å²) in [6, 6.07) is 16.2. The highest BCUT2D eigenvalue weighted by molar-refractivity contribution is 5.96. The molecule has 0 unspecified atom stereocenters. The number of fused-ring (bicyclic) bond motifs is 1. The molecule has 0 aliphatic rings. The smallest absolute Gasteiger partial charge is 0.489 e. The van der Waals surface area contributed by atoms with Crippen LogP contribution in [0.1, 0.15) is 15.9 Å². The molecule has 4 rings (SSSR count). The molecule has 0 fully saturated rings. The van der Waals surface area contributed by atoms with E-state index in [0.717, 1.165) is 11.6 Å². The maximum absolute atomic E-state index is 14.0. The Morgan fingerprint density at radius 1 is 0.932 bits per heavy atom. The number of nitrogens with zero attached hydrogens (tertiary/aromatic N) is 2. The van der Waals surface area contributed by atoms with Crippen molar-refractivity contribution in [3.8, 4) is 16.9 Å². The van der Waals surface area contributed by atoms with Gasteiger partial charge in [0.15, 0.2) is 11.6 Å². The van der Waals surface area contributed by atoms with Crippen molar-refractivity contribution in [2.24, 2.45) is 0 Å². The lowest BCUT2D eigenvalue weighted by Gasteiger charge is -2.23. The highest BCUT2D eigenvalue weighted by atomic mass is 19.4. The number of amides is 1. The molecule has 0 radical (unpaired) electrons. The van der Waals surface area contributed by atoms with Gasteiger partial charge in [-0.2, -0.15) is 13.2 Å². The Morgan fingerprint density at radius 3 is 2.18 bits per heavy atom. The number of carboxylic acid groups (broad SMARTS) is 2. The van der Waals surface area contributed by atoms with Gasteiger partial charge in [-0.05, 0) is 61.6 Å². The molecule has 9 nitrogen and oxygen atoms in total. The second-order valence-electron chi connectivity index (χ2n) is 9.62. The standard InChI is InChI=1S/C28H26F2N2O5.C2HF3O2/c1-31(2)11-12-32(16-25(33)34)28(35)20-5-3-4-18(14-20)17-37-21-8-6-19(7-9-21)23-15-24(29)26(30)22-10-13-36-27(22)23;3-2(4,5)1(6)7/h3-10,13-15H,11-12,16-17H2,1-2H3,(H,33,34);(H,6,7). The number of hydrogen-bond acceptors (Lipinski definition) is 6. The Balaban J connectivity index is 0.000000676. The largest absolute Gasteiger partial charge is 0.490 e. The monoisotopic (exact) mass is 622 g/mol. The lowest BCUT2D eigenvalue weighted by Crippen LogP contribution is -2.40. The van der Waals surface area contributed by atoms with Crippen molar-refractivity contribution in [1.82, 2.24) is 9.80 Å². The third-order valence-corrected chi connectivity index (χ3v) is 6.04. The number of carbonyl (C=O) groups excluding carboxylic acids is 1. The fourth-order valence-electron chi connectivity index (χ4n) is 3.90. The predicted octanol–water partition coefficient (Wildman–Crippen LogP) is 5.68. The zero-order chi connectivity index (χ0) is 32.6. The summed E-state index contributed by atoms with van der Waals surface area (Å²) in [5.74, 6) is -5.57. The summed E-state index contributed by atoms with van der Waals surface area (Å²) in [5, 5.41) is 16.4. The Kier molecular flexibility index (Phi) is 11.0. The van der Waals surface area contributed by atoms with E-state index in [2.05, 4.69) is 0 Å². The Morgan fingerprint density at radius 2 is 1.59 bits per heavy atom. The van der Waals surface area contributed by atoms with E-state index in [9.17, 15) is 36.6 Å². The fraction of sp³-hybridized carbons (Fsp3) is 0.233. The molecule has 0 saturated heterocycles. The van der Waals surface area contributed by atoms with Crippen molar-refractivity contribution in [3.05, 3.63) is 89.7 Å². The van der Waals surface area contributed by atoms with E-state index >= 15 is 0 Å². The van der Waals surface area contributed by atoms with Crippen molar-refractivity contribution in [1.29, 1.82) is 0 Å². The average Bonchev–Trinajstić information content (AvgIpc) is 3.46. The quantitative estimate of drug-likeness (QED) is 0.217. The van der Waals surface area contributed by atoms with Crippen molar-refractivity contribution in [2.45, 2.75) is 12.8 Å². The van der Waals surface area contributed by atoms with E-state index in [-0.39, 0.29) is 36.6 Å². The molecule has 1 heterocycles. The molecule has 1 aromatic heterocycles. The van der Waals surface area contributed by atoms with Gasteiger partial charge in [-0.25, -0.2) is 13.6 Å². The van der Waals surface area contributed by atoms with E-state index in [1.807, 2.05) is 19.0 Å². The van der Waals surface area contributed by atoms with Crippen LogP contribution in [-0.4, -0.2) is 77.8 Å². The molecule has 0 spiro atoms. The van der Waals surface area contributed by atoms with Crippen molar-refractivity contribution >= 4 is 28.8 Å². The van der Waals surface area contributed by atoms with Crippen LogP contribution in [0.15, 0.2) is 71.3 Å². The third-order valence-electron chi connectivity index (χ3n) is 6.04. The number of likely N-dealkylation sites (N-methyl/N-ethyl adjacent to an activating group) is 1. The molecule has 0 atom stereocenters. The number of furan rings is 1. The van der Waals surface area contributed by atoms with Crippen molar-refractivity contribution in [2.75, 3.05) is 33.7 Å². The van der Waals surface area contributed by atoms with E-state index in [0.29, 0.717) is 29.0 Å². The molecule has 1 amide bonds. The highest BCUT2D eigenvalue weighted by Crippen LogP contribution is 2.33. The zero-order valence-corrected chi connectivity index (χ0v) is 23.4. The van der Waals surface area contributed by atoms with E-state index in [1.54, 1.807) is 48.5 Å². The predicted molar refractivity (Wildman–Crippen MR) is 148 cm³/mol. The maximum atomic E-state index is 14.0. The number of hydrogen-bond donors (Lipinski definition) is 2. The summed E-state index contributed by atoms with van der Waals surface area (Å²) in [4.78, 5) is 36.3. The molecule has 234 valence electrons. The van der Waals surface area contributed by atoms with Crippen LogP contribution in [0, 0.1) is 11.6 Å². The fourth-order valence-corrected chi connectivity index (χ4v) is 3.90. The summed E-state index contributed by atoms with van der Waals surface area (Å²) in [6.07, 6.45) is -3.77. The summed E-state index contributed by atoms with van der Waals surface area (Å²) >= 11 is 0. The summed E-state index contributed by atoms with van der Waals surface area (Å²) in [5.41, 5.74) is 2.43. The Hall–Kier alpha value is -4.98. The number of halogens is 5. The summed E-state index contributed by atoms with van der Waals surface area (Å²) in [7, 11) is 3.70. The Labute approximate surface area is 247 Å². The molecule has 14 heteroatoms. The van der Waals surface area contributed by atoms with Gasteiger partial charge in [0.1, 0.15) is 24.5 Å². The number of aliphatic carboxylic acids is 2. The molecular formula is C30H27F5N2O7. The normalized spacial score (nSPS) is 11.2. The number of ether oxygens (including phenoxy) is 1. The molecule has 0 aliphatic carbocycles. The second kappa shape index (κ2) is 14.5. The van der Waals surface area contributed by atoms with Crippen LogP contribution in [-0.2, 0) is 16.2 Å². The summed E-state index contributed by atoms with van der Waals surface area (Å²) in [6.45, 7) is 0.605. The lowest BCUT2D eigenvalue weighted by atomic mass is 10.0. The van der Waals surface area contributed by atoms with Crippen molar-refractivity contribution < 1.29 is 55.7 Å². The number of carbonyl (C=O) groups is 3. The van der Waals surface area contributed by atoms with E-state index in [4.69, 9.17) is 19.1 Å². The van der Waals surface area contributed by atoms with Crippen LogP contribution in [0.4, 0.5) is 22.0 Å². The van der Waals surface area contributed by atoms with Gasteiger partial charge in [0.05, 0.1) is 11.6 Å². The van der Waals surface area contributed by atoms with Gasteiger partial charge < -0.3 is 29.2 Å². The number of rotatable bonds is 10. The molecule has 4 aromatic rings. The minimum absolute atomic E-state index is 0.0772. The van der Waals surface area contributed by atoms with Crippen LogP contribution in [0.2, 0.25) is 0 Å². The first-order chi connectivity index (χ1) is 20.7. The van der Waals surface area contributed by atoms with Crippen LogP contribution < -0.4 is 4.74 Å². The van der Waals surface area contributed by atoms with Gasteiger partial charge in [-0.3, -0.25) is 9.59 Å². The molecule has 0 saturated carbocycles. The molecule has 2 N–H and O–H groups in total. The van der Waals surface area contributed by atoms with E-state index in [1.165, 1.54) is 17.2 Å². The first-order valence-electron chi connectivity index (χ1n) is 12.8. The van der Waals surface area contributed by atoms with E-state index < -0.39 is 29.7 Å². The minimum atomic E-state index is -5.08. The zero-order valence-electron chi connectivity index (χ0n) is 23.4. The molecule has 0 aliphatic heterocycles. The molecular weight excluding hydrogens is 595 g/mol. The molecule has 3 aromatic carbocycles. The van der Waals surface area contributed by atoms with Gasteiger partial charge >= 0.3 is 18.1 Å². The molecule has 44 heavy (non-hydrogen) atoms. The SMILES string of the molecule is CN(C)CCN(CC(=O)O)C(=O)c1cccc(COc2ccc(-c3cc(F)c(F)c4ccoc34)cc2)c1.O=C(O)C(F)(F)F. The minimum Gasteiger partial charge on any atom is -0.489 e. The first kappa shape index (κ1) is 33.5.